The Morgan fingerprint density at radius 1 is 0.821 bits per heavy atom. The molecular formula is C24H32O4. The molecule has 0 bridgehead atoms. The van der Waals surface area contributed by atoms with Gasteiger partial charge in [-0.1, -0.05) is 81.4 Å². The third kappa shape index (κ3) is 8.85. The first-order valence-corrected chi connectivity index (χ1v) is 9.68. The van der Waals surface area contributed by atoms with E-state index in [1.807, 2.05) is 95.3 Å². The van der Waals surface area contributed by atoms with E-state index in [1.54, 1.807) is 0 Å². The molecule has 0 spiro atoms. The Morgan fingerprint density at radius 2 is 1.25 bits per heavy atom. The summed E-state index contributed by atoms with van der Waals surface area (Å²) in [5.74, 6) is -0.332. The Morgan fingerprint density at radius 3 is 1.64 bits per heavy atom. The van der Waals surface area contributed by atoms with Gasteiger partial charge in [0.2, 0.25) is 0 Å². The van der Waals surface area contributed by atoms with Gasteiger partial charge in [0, 0.05) is 0 Å². The van der Waals surface area contributed by atoms with E-state index in [0.29, 0.717) is 13.2 Å². The summed E-state index contributed by atoms with van der Waals surface area (Å²) in [5.41, 5.74) is 1.67. The van der Waals surface area contributed by atoms with Gasteiger partial charge in [-0.3, -0.25) is 9.59 Å². The number of carbonyl (C=O) groups is 2. The van der Waals surface area contributed by atoms with Gasteiger partial charge in [-0.15, -0.1) is 0 Å². The number of benzene rings is 2. The molecule has 0 heterocycles. The van der Waals surface area contributed by atoms with Crippen LogP contribution in [0.5, 0.6) is 0 Å². The summed E-state index contributed by atoms with van der Waals surface area (Å²) in [5, 5.41) is 0. The van der Waals surface area contributed by atoms with Crippen molar-refractivity contribution in [2.45, 2.75) is 54.3 Å². The summed E-state index contributed by atoms with van der Waals surface area (Å²) in [4.78, 5) is 22.7. The normalized spacial score (nSPS) is 10.6. The summed E-state index contributed by atoms with van der Waals surface area (Å²) in [7, 11) is 0. The lowest BCUT2D eigenvalue weighted by Crippen LogP contribution is -2.25. The summed E-state index contributed by atoms with van der Waals surface area (Å²) >= 11 is 0. The SMILES string of the molecule is CC(C)C(=O)OCc1ccccc1.CCC(C)(C)C(=O)OCc1ccccc1. The van der Waals surface area contributed by atoms with E-state index in [-0.39, 0.29) is 23.3 Å². The molecule has 0 fully saturated rings. The van der Waals surface area contributed by atoms with Gasteiger partial charge in [-0.2, -0.15) is 0 Å². The molecule has 0 amide bonds. The fourth-order valence-corrected chi connectivity index (χ4v) is 1.96. The second-order valence-corrected chi connectivity index (χ2v) is 7.55. The van der Waals surface area contributed by atoms with Crippen molar-refractivity contribution in [1.82, 2.24) is 0 Å². The molecule has 2 aromatic carbocycles. The highest BCUT2D eigenvalue weighted by atomic mass is 16.5. The highest BCUT2D eigenvalue weighted by Crippen LogP contribution is 2.22. The molecule has 0 aliphatic rings. The third-order valence-corrected chi connectivity index (χ3v) is 4.34. The zero-order chi connectivity index (χ0) is 21.0. The van der Waals surface area contributed by atoms with E-state index in [4.69, 9.17) is 9.47 Å². The first-order valence-electron chi connectivity index (χ1n) is 9.68. The summed E-state index contributed by atoms with van der Waals surface area (Å²) in [6.45, 7) is 10.2. The predicted octanol–water partition coefficient (Wildman–Crippen LogP) is 5.55. The van der Waals surface area contributed by atoms with E-state index >= 15 is 0 Å². The molecule has 28 heavy (non-hydrogen) atoms. The smallest absolute Gasteiger partial charge is 0.311 e. The minimum atomic E-state index is -0.380. The molecule has 4 nitrogen and oxygen atoms in total. The standard InChI is InChI=1S/C13H18O2.C11H14O2/c1-4-13(2,3)12(14)15-10-11-8-6-5-7-9-11;1-9(2)11(12)13-8-10-6-4-3-5-7-10/h5-9H,4,10H2,1-3H3;3-7,9H,8H2,1-2H3. The van der Waals surface area contributed by atoms with Crippen LogP contribution in [0, 0.1) is 11.3 Å². The maximum absolute atomic E-state index is 11.6. The van der Waals surface area contributed by atoms with Crippen molar-refractivity contribution < 1.29 is 19.1 Å². The number of ether oxygens (including phenoxy) is 2. The highest BCUT2D eigenvalue weighted by molar-refractivity contribution is 5.75. The van der Waals surface area contributed by atoms with Gasteiger partial charge in [0.25, 0.3) is 0 Å². The number of carbonyl (C=O) groups excluding carboxylic acids is 2. The Hall–Kier alpha value is -2.62. The molecule has 0 radical (unpaired) electrons. The Labute approximate surface area is 168 Å². The highest BCUT2D eigenvalue weighted by Gasteiger charge is 2.26. The third-order valence-electron chi connectivity index (χ3n) is 4.34. The van der Waals surface area contributed by atoms with Gasteiger partial charge in [0.1, 0.15) is 13.2 Å². The van der Waals surface area contributed by atoms with Crippen LogP contribution in [0.25, 0.3) is 0 Å². The first-order chi connectivity index (χ1) is 13.3. The number of esters is 2. The monoisotopic (exact) mass is 384 g/mol. The van der Waals surface area contributed by atoms with Gasteiger partial charge >= 0.3 is 11.9 Å². The minimum Gasteiger partial charge on any atom is -0.461 e. The first kappa shape index (κ1) is 23.4. The zero-order valence-electron chi connectivity index (χ0n) is 17.6. The van der Waals surface area contributed by atoms with Crippen LogP contribution in [0.1, 0.15) is 52.2 Å². The molecule has 4 heteroatoms. The Kier molecular flexibility index (Phi) is 10.0. The second-order valence-electron chi connectivity index (χ2n) is 7.55. The second kappa shape index (κ2) is 12.0. The molecule has 0 atom stereocenters. The van der Waals surface area contributed by atoms with Crippen molar-refractivity contribution >= 4 is 11.9 Å². The van der Waals surface area contributed by atoms with Gasteiger partial charge in [-0.05, 0) is 31.4 Å². The molecular weight excluding hydrogens is 352 g/mol. The van der Waals surface area contributed by atoms with Crippen LogP contribution < -0.4 is 0 Å². The molecule has 0 N–H and O–H groups in total. The maximum Gasteiger partial charge on any atom is 0.311 e. The Bertz CT molecular complexity index is 706. The molecule has 0 unspecified atom stereocenters. The molecule has 2 aromatic rings. The summed E-state index contributed by atoms with van der Waals surface area (Å²) < 4.78 is 10.3. The minimum absolute atomic E-state index is 0.0521. The molecule has 0 saturated carbocycles. The lowest BCUT2D eigenvalue weighted by atomic mass is 9.91. The molecule has 0 aliphatic heterocycles. The van der Waals surface area contributed by atoms with Gasteiger partial charge in [0.05, 0.1) is 11.3 Å². The summed E-state index contributed by atoms with van der Waals surface area (Å²) in [6.07, 6.45) is 0.792. The van der Waals surface area contributed by atoms with E-state index in [1.165, 1.54) is 0 Å². The zero-order valence-corrected chi connectivity index (χ0v) is 17.6. The van der Waals surface area contributed by atoms with E-state index in [2.05, 4.69) is 0 Å². The lowest BCUT2D eigenvalue weighted by molar-refractivity contribution is -0.155. The molecule has 0 aliphatic carbocycles. The quantitative estimate of drug-likeness (QED) is 0.587. The van der Waals surface area contributed by atoms with E-state index < -0.39 is 0 Å². The van der Waals surface area contributed by atoms with Gasteiger partial charge in [-0.25, -0.2) is 0 Å². The van der Waals surface area contributed by atoms with Gasteiger partial charge in [0.15, 0.2) is 0 Å². The van der Waals surface area contributed by atoms with Gasteiger partial charge < -0.3 is 9.47 Å². The van der Waals surface area contributed by atoms with Crippen LogP contribution in [-0.4, -0.2) is 11.9 Å². The van der Waals surface area contributed by atoms with E-state index in [9.17, 15) is 9.59 Å². The average molecular weight is 385 g/mol. The van der Waals surface area contributed by atoms with Crippen LogP contribution in [0.15, 0.2) is 60.7 Å². The van der Waals surface area contributed by atoms with Crippen molar-refractivity contribution in [3.05, 3.63) is 71.8 Å². The molecule has 0 aromatic heterocycles. The topological polar surface area (TPSA) is 52.6 Å². The number of hydrogen-bond donors (Lipinski definition) is 0. The number of hydrogen-bond acceptors (Lipinski definition) is 4. The van der Waals surface area contributed by atoms with Crippen molar-refractivity contribution in [2.24, 2.45) is 11.3 Å². The van der Waals surface area contributed by atoms with E-state index in [0.717, 1.165) is 17.5 Å². The lowest BCUT2D eigenvalue weighted by Gasteiger charge is -2.20. The number of rotatable bonds is 7. The van der Waals surface area contributed by atoms with Crippen LogP contribution in [0.4, 0.5) is 0 Å². The maximum atomic E-state index is 11.6. The largest absolute Gasteiger partial charge is 0.461 e. The molecule has 0 saturated heterocycles. The van der Waals surface area contributed by atoms with Crippen molar-refractivity contribution in [2.75, 3.05) is 0 Å². The fraction of sp³-hybridized carbons (Fsp3) is 0.417. The summed E-state index contributed by atoms with van der Waals surface area (Å²) in [6, 6.07) is 19.4. The molecule has 2 rings (SSSR count). The van der Waals surface area contributed by atoms with Crippen LogP contribution in [-0.2, 0) is 32.3 Å². The van der Waals surface area contributed by atoms with Crippen LogP contribution >= 0.6 is 0 Å². The average Bonchev–Trinajstić information content (AvgIpc) is 2.72. The van der Waals surface area contributed by atoms with Crippen LogP contribution in [0.2, 0.25) is 0 Å². The Balaban J connectivity index is 0.000000283. The van der Waals surface area contributed by atoms with Crippen molar-refractivity contribution in [3.63, 3.8) is 0 Å². The van der Waals surface area contributed by atoms with Crippen molar-refractivity contribution in [1.29, 1.82) is 0 Å². The van der Waals surface area contributed by atoms with Crippen LogP contribution in [0.3, 0.4) is 0 Å². The molecule has 152 valence electrons. The predicted molar refractivity (Wildman–Crippen MR) is 111 cm³/mol. The van der Waals surface area contributed by atoms with Crippen molar-refractivity contribution in [3.8, 4) is 0 Å². The fourth-order valence-electron chi connectivity index (χ4n) is 1.96.